The van der Waals surface area contributed by atoms with Gasteiger partial charge in [-0.1, -0.05) is 6.07 Å². The Morgan fingerprint density at radius 3 is 2.41 bits per heavy atom. The summed E-state index contributed by atoms with van der Waals surface area (Å²) in [5.74, 6) is 0.868. The van der Waals surface area contributed by atoms with E-state index >= 15 is 0 Å². The van der Waals surface area contributed by atoms with Crippen molar-refractivity contribution in [3.8, 4) is 0 Å². The normalized spacial score (nSPS) is 10.8. The molecule has 0 radical (unpaired) electrons. The van der Waals surface area contributed by atoms with Crippen LogP contribution in [0, 0.1) is 0 Å². The van der Waals surface area contributed by atoms with E-state index in [2.05, 4.69) is 10.3 Å². The Morgan fingerprint density at radius 2 is 1.94 bits per heavy atom. The number of aliphatic hydroxyl groups excluding tert-OH is 2. The summed E-state index contributed by atoms with van der Waals surface area (Å²) in [5.41, 5.74) is 1.08. The molecular weight excluding hydrogens is 218 g/mol. The minimum absolute atomic E-state index is 0.100. The molecule has 0 unspecified atom stereocenters. The lowest BCUT2D eigenvalue weighted by molar-refractivity contribution is 0.156. The second-order valence-corrected chi connectivity index (χ2v) is 3.81. The van der Waals surface area contributed by atoms with Crippen LogP contribution in [-0.2, 0) is 6.54 Å². The molecule has 1 heterocycles. The number of aliphatic hydroxyl groups is 2. The maximum atomic E-state index is 8.91. The molecule has 0 aliphatic heterocycles. The van der Waals surface area contributed by atoms with Gasteiger partial charge in [-0.25, -0.2) is 4.98 Å². The molecule has 3 N–H and O–H groups in total. The van der Waals surface area contributed by atoms with Crippen molar-refractivity contribution in [2.45, 2.75) is 13.5 Å². The molecule has 1 rings (SSSR count). The van der Waals surface area contributed by atoms with Gasteiger partial charge in [0.25, 0.3) is 0 Å². The van der Waals surface area contributed by atoms with Crippen LogP contribution in [0.2, 0.25) is 0 Å². The Kier molecular flexibility index (Phi) is 6.54. The number of aromatic nitrogens is 1. The predicted octanol–water partition coefficient (Wildman–Crippen LogP) is 0.300. The van der Waals surface area contributed by atoms with Gasteiger partial charge in [-0.2, -0.15) is 0 Å². The molecule has 0 spiro atoms. The van der Waals surface area contributed by atoms with E-state index in [0.29, 0.717) is 19.6 Å². The Hall–Kier alpha value is -1.17. The minimum atomic E-state index is 0.100. The highest BCUT2D eigenvalue weighted by atomic mass is 16.3. The summed E-state index contributed by atoms with van der Waals surface area (Å²) in [5, 5.41) is 20.9. The molecule has 0 bridgehead atoms. The van der Waals surface area contributed by atoms with Crippen LogP contribution < -0.4 is 5.32 Å². The topological polar surface area (TPSA) is 68.6 Å². The zero-order valence-corrected chi connectivity index (χ0v) is 10.3. The summed E-state index contributed by atoms with van der Waals surface area (Å²) >= 11 is 0. The quantitative estimate of drug-likeness (QED) is 0.609. The third-order valence-electron chi connectivity index (χ3n) is 2.42. The van der Waals surface area contributed by atoms with Crippen molar-refractivity contribution in [1.29, 1.82) is 0 Å². The lowest BCUT2D eigenvalue weighted by Gasteiger charge is -2.19. The van der Waals surface area contributed by atoms with Gasteiger partial charge in [0.15, 0.2) is 0 Å². The molecule has 0 atom stereocenters. The first kappa shape index (κ1) is 13.9. The SMILES string of the molecule is CCNc1ccc(CN(CCO)CCO)cn1. The van der Waals surface area contributed by atoms with E-state index in [0.717, 1.165) is 17.9 Å². The number of anilines is 1. The molecule has 0 aliphatic carbocycles. The van der Waals surface area contributed by atoms with Gasteiger partial charge in [0, 0.05) is 32.4 Å². The van der Waals surface area contributed by atoms with Crippen molar-refractivity contribution in [3.63, 3.8) is 0 Å². The van der Waals surface area contributed by atoms with Crippen LogP contribution in [0.25, 0.3) is 0 Å². The first-order valence-electron chi connectivity index (χ1n) is 5.93. The highest BCUT2D eigenvalue weighted by Gasteiger charge is 2.05. The highest BCUT2D eigenvalue weighted by molar-refractivity contribution is 5.35. The van der Waals surface area contributed by atoms with Gasteiger partial charge in [-0.05, 0) is 18.6 Å². The lowest BCUT2D eigenvalue weighted by atomic mass is 10.2. The molecule has 17 heavy (non-hydrogen) atoms. The molecule has 96 valence electrons. The minimum Gasteiger partial charge on any atom is -0.395 e. The monoisotopic (exact) mass is 239 g/mol. The average molecular weight is 239 g/mol. The molecule has 0 fully saturated rings. The Morgan fingerprint density at radius 1 is 1.24 bits per heavy atom. The first-order valence-corrected chi connectivity index (χ1v) is 5.93. The van der Waals surface area contributed by atoms with Crippen LogP contribution >= 0.6 is 0 Å². The Labute approximate surface area is 102 Å². The summed E-state index contributed by atoms with van der Waals surface area (Å²) < 4.78 is 0. The van der Waals surface area contributed by atoms with Crippen molar-refractivity contribution in [2.24, 2.45) is 0 Å². The third-order valence-corrected chi connectivity index (χ3v) is 2.42. The van der Waals surface area contributed by atoms with E-state index in [-0.39, 0.29) is 13.2 Å². The van der Waals surface area contributed by atoms with Gasteiger partial charge in [-0.15, -0.1) is 0 Å². The lowest BCUT2D eigenvalue weighted by Crippen LogP contribution is -2.29. The Balaban J connectivity index is 2.53. The second-order valence-electron chi connectivity index (χ2n) is 3.81. The predicted molar refractivity (Wildman–Crippen MR) is 67.8 cm³/mol. The number of nitrogens with one attached hydrogen (secondary N) is 1. The van der Waals surface area contributed by atoms with E-state index in [1.807, 2.05) is 30.2 Å². The largest absolute Gasteiger partial charge is 0.395 e. The van der Waals surface area contributed by atoms with Gasteiger partial charge in [-0.3, -0.25) is 4.90 Å². The molecule has 0 aliphatic rings. The average Bonchev–Trinajstić information content (AvgIpc) is 2.33. The van der Waals surface area contributed by atoms with Crippen LogP contribution in [-0.4, -0.2) is 52.9 Å². The fourth-order valence-corrected chi connectivity index (χ4v) is 1.61. The van der Waals surface area contributed by atoms with Crippen LogP contribution in [0.15, 0.2) is 18.3 Å². The van der Waals surface area contributed by atoms with E-state index in [1.54, 1.807) is 0 Å². The summed E-state index contributed by atoms with van der Waals surface area (Å²) in [4.78, 5) is 6.27. The zero-order valence-electron chi connectivity index (χ0n) is 10.3. The molecular formula is C12H21N3O2. The van der Waals surface area contributed by atoms with Crippen LogP contribution in [0.3, 0.4) is 0 Å². The smallest absolute Gasteiger partial charge is 0.125 e. The first-order chi connectivity index (χ1) is 8.30. The number of rotatable bonds is 8. The molecule has 5 heteroatoms. The fourth-order valence-electron chi connectivity index (χ4n) is 1.61. The highest BCUT2D eigenvalue weighted by Crippen LogP contribution is 2.07. The fraction of sp³-hybridized carbons (Fsp3) is 0.583. The van der Waals surface area contributed by atoms with Crippen molar-refractivity contribution in [3.05, 3.63) is 23.9 Å². The number of hydrogen-bond donors (Lipinski definition) is 3. The molecule has 0 saturated heterocycles. The van der Waals surface area contributed by atoms with Crippen LogP contribution in [0.4, 0.5) is 5.82 Å². The molecule has 5 nitrogen and oxygen atoms in total. The molecule has 1 aromatic heterocycles. The maximum Gasteiger partial charge on any atom is 0.125 e. The summed E-state index contributed by atoms with van der Waals surface area (Å²) in [6.07, 6.45) is 1.82. The van der Waals surface area contributed by atoms with Crippen molar-refractivity contribution >= 4 is 5.82 Å². The number of nitrogens with zero attached hydrogens (tertiary/aromatic N) is 2. The third kappa shape index (κ3) is 5.12. The van der Waals surface area contributed by atoms with Crippen LogP contribution in [0.1, 0.15) is 12.5 Å². The van der Waals surface area contributed by atoms with E-state index in [4.69, 9.17) is 10.2 Å². The maximum absolute atomic E-state index is 8.91. The number of pyridine rings is 1. The van der Waals surface area contributed by atoms with Crippen molar-refractivity contribution in [2.75, 3.05) is 38.2 Å². The van der Waals surface area contributed by atoms with Gasteiger partial charge in [0.05, 0.1) is 13.2 Å². The Bertz CT molecular complexity index is 297. The van der Waals surface area contributed by atoms with Gasteiger partial charge >= 0.3 is 0 Å². The van der Waals surface area contributed by atoms with E-state index in [1.165, 1.54) is 0 Å². The molecule has 0 saturated carbocycles. The van der Waals surface area contributed by atoms with Gasteiger partial charge in [0.1, 0.15) is 5.82 Å². The van der Waals surface area contributed by atoms with E-state index in [9.17, 15) is 0 Å². The molecule has 0 aromatic carbocycles. The summed E-state index contributed by atoms with van der Waals surface area (Å²) in [7, 11) is 0. The van der Waals surface area contributed by atoms with Crippen molar-refractivity contribution in [1.82, 2.24) is 9.88 Å². The molecule has 0 amide bonds. The van der Waals surface area contributed by atoms with Gasteiger partial charge < -0.3 is 15.5 Å². The van der Waals surface area contributed by atoms with Crippen LogP contribution in [0.5, 0.6) is 0 Å². The molecule has 1 aromatic rings. The second kappa shape index (κ2) is 8.00. The van der Waals surface area contributed by atoms with Crippen molar-refractivity contribution < 1.29 is 10.2 Å². The summed E-state index contributed by atoms with van der Waals surface area (Å²) in [6, 6.07) is 3.95. The number of hydrogen-bond acceptors (Lipinski definition) is 5. The summed E-state index contributed by atoms with van der Waals surface area (Å²) in [6.45, 7) is 4.91. The standard InChI is InChI=1S/C12H21N3O2/c1-2-13-12-4-3-11(9-14-12)10-15(5-7-16)6-8-17/h3-4,9,16-17H,2,5-8,10H2,1H3,(H,13,14). The van der Waals surface area contributed by atoms with E-state index < -0.39 is 0 Å². The zero-order chi connectivity index (χ0) is 12.5. The van der Waals surface area contributed by atoms with Gasteiger partial charge in [0.2, 0.25) is 0 Å².